The van der Waals surface area contributed by atoms with E-state index in [1.165, 1.54) is 0 Å². The van der Waals surface area contributed by atoms with Gasteiger partial charge in [0.2, 0.25) is 17.4 Å². The lowest BCUT2D eigenvalue weighted by Gasteiger charge is -2.11. The van der Waals surface area contributed by atoms with E-state index in [-0.39, 0.29) is 11.3 Å². The van der Waals surface area contributed by atoms with Gasteiger partial charge in [0, 0.05) is 16.3 Å². The topological polar surface area (TPSA) is 60.2 Å². The van der Waals surface area contributed by atoms with E-state index >= 15 is 0 Å². The summed E-state index contributed by atoms with van der Waals surface area (Å²) in [5.41, 5.74) is -2.09. The van der Waals surface area contributed by atoms with E-state index in [0.717, 1.165) is 28.7 Å². The Balaban J connectivity index is 2.11. The van der Waals surface area contributed by atoms with Crippen LogP contribution in [-0.2, 0) is 5.75 Å². The highest BCUT2D eigenvalue weighted by molar-refractivity contribution is 9.10. The van der Waals surface area contributed by atoms with Crippen molar-refractivity contribution in [2.75, 3.05) is 0 Å². The molecule has 0 aliphatic heterocycles. The zero-order chi connectivity index (χ0) is 25.2. The number of carbonyl (C=O) groups excluding carboxylic acids is 1. The van der Waals surface area contributed by atoms with Crippen molar-refractivity contribution < 1.29 is 36.1 Å². The molecule has 176 valence electrons. The lowest BCUT2D eigenvalue weighted by molar-refractivity contribution is -0.387. The molecular formula is C22H10BrF6NO3S. The summed E-state index contributed by atoms with van der Waals surface area (Å²) < 4.78 is 83.7. The lowest BCUT2D eigenvalue weighted by Crippen LogP contribution is -2.13. The Labute approximate surface area is 200 Å². The summed E-state index contributed by atoms with van der Waals surface area (Å²) in [5, 5.41) is 11.0. The zero-order valence-electron chi connectivity index (χ0n) is 16.6. The van der Waals surface area contributed by atoms with Gasteiger partial charge in [0.05, 0.1) is 9.83 Å². The number of thioether (sulfide) groups is 1. The third-order valence-electron chi connectivity index (χ3n) is 4.43. The Morgan fingerprint density at radius 3 is 2.03 bits per heavy atom. The first-order valence-corrected chi connectivity index (χ1v) is 10.9. The van der Waals surface area contributed by atoms with Gasteiger partial charge in [0.25, 0.3) is 0 Å². The van der Waals surface area contributed by atoms with Crippen LogP contribution >= 0.6 is 27.7 Å². The fourth-order valence-corrected chi connectivity index (χ4v) is 3.98. The van der Waals surface area contributed by atoms with Crippen LogP contribution in [0.3, 0.4) is 0 Å². The normalized spacial score (nSPS) is 11.6. The molecule has 0 amide bonds. The van der Waals surface area contributed by atoms with Gasteiger partial charge in [0.1, 0.15) is 5.56 Å². The number of rotatable bonds is 7. The second kappa shape index (κ2) is 10.4. The van der Waals surface area contributed by atoms with Gasteiger partial charge < -0.3 is 0 Å². The van der Waals surface area contributed by atoms with Crippen molar-refractivity contribution >= 4 is 45.2 Å². The first kappa shape index (κ1) is 25.5. The summed E-state index contributed by atoms with van der Waals surface area (Å²) in [6, 6.07) is 9.21. The molecule has 12 heteroatoms. The summed E-state index contributed by atoms with van der Waals surface area (Å²) >= 11 is 3.93. The molecule has 3 aromatic carbocycles. The summed E-state index contributed by atoms with van der Waals surface area (Å²) in [6.07, 6.45) is 0.941. The standard InChI is InChI=1S/C22H10BrF6NO3S/c23-12-4-1-10(2-5-12)9-34-15(8-11-3-6-13(24)14(7-11)30(32)33)22(31)16-17(25)19(27)21(29)20(28)18(16)26/h1-8H,9H2. The minimum Gasteiger partial charge on any atom is -0.288 e. The van der Waals surface area contributed by atoms with E-state index in [1.54, 1.807) is 24.3 Å². The fraction of sp³-hybridized carbons (Fsp3) is 0.0455. The van der Waals surface area contributed by atoms with Crippen molar-refractivity contribution in [3.8, 4) is 0 Å². The molecule has 34 heavy (non-hydrogen) atoms. The van der Waals surface area contributed by atoms with E-state index < -0.39 is 61.8 Å². The van der Waals surface area contributed by atoms with Crippen LogP contribution in [0.2, 0.25) is 0 Å². The monoisotopic (exact) mass is 561 g/mol. The van der Waals surface area contributed by atoms with Gasteiger partial charge in [-0.1, -0.05) is 34.1 Å². The molecular weight excluding hydrogens is 552 g/mol. The molecule has 0 bridgehead atoms. The van der Waals surface area contributed by atoms with E-state index in [0.29, 0.717) is 17.3 Å². The number of ketones is 1. The molecule has 3 rings (SSSR count). The number of allylic oxidation sites excluding steroid dienone is 1. The van der Waals surface area contributed by atoms with Gasteiger partial charge in [-0.15, -0.1) is 11.8 Å². The molecule has 0 N–H and O–H groups in total. The van der Waals surface area contributed by atoms with Crippen LogP contribution in [-0.4, -0.2) is 10.7 Å². The zero-order valence-corrected chi connectivity index (χ0v) is 19.0. The Morgan fingerprint density at radius 1 is 0.912 bits per heavy atom. The average Bonchev–Trinajstić information content (AvgIpc) is 2.81. The van der Waals surface area contributed by atoms with Crippen LogP contribution in [0.5, 0.6) is 0 Å². The Hall–Kier alpha value is -3.12. The van der Waals surface area contributed by atoms with Crippen molar-refractivity contribution in [2.45, 2.75) is 5.75 Å². The van der Waals surface area contributed by atoms with Gasteiger partial charge in [0.15, 0.2) is 23.3 Å². The highest BCUT2D eigenvalue weighted by Crippen LogP contribution is 2.32. The Kier molecular flexibility index (Phi) is 7.82. The van der Waals surface area contributed by atoms with Crippen molar-refractivity contribution in [1.29, 1.82) is 0 Å². The number of nitrogens with zero attached hydrogens (tertiary/aromatic N) is 1. The lowest BCUT2D eigenvalue weighted by atomic mass is 10.1. The summed E-state index contributed by atoms with van der Waals surface area (Å²) in [7, 11) is 0. The maximum absolute atomic E-state index is 14.3. The van der Waals surface area contributed by atoms with E-state index in [9.17, 15) is 41.3 Å². The maximum Gasteiger partial charge on any atom is 0.305 e. The largest absolute Gasteiger partial charge is 0.305 e. The van der Waals surface area contributed by atoms with Gasteiger partial charge in [-0.05, 0) is 35.4 Å². The molecule has 0 atom stereocenters. The molecule has 0 aliphatic carbocycles. The number of nitro benzene ring substituents is 1. The van der Waals surface area contributed by atoms with Crippen LogP contribution in [0.1, 0.15) is 21.5 Å². The van der Waals surface area contributed by atoms with Crippen molar-refractivity contribution in [3.63, 3.8) is 0 Å². The predicted octanol–water partition coefficient (Wildman–Crippen LogP) is 7.35. The van der Waals surface area contributed by atoms with E-state index in [1.807, 2.05) is 0 Å². The van der Waals surface area contributed by atoms with Gasteiger partial charge in [-0.3, -0.25) is 14.9 Å². The Morgan fingerprint density at radius 2 is 1.47 bits per heavy atom. The Bertz CT molecular complexity index is 1300. The second-order valence-corrected chi connectivity index (χ2v) is 8.60. The third kappa shape index (κ3) is 5.33. The van der Waals surface area contributed by atoms with Crippen LogP contribution in [0, 0.1) is 45.0 Å². The molecule has 3 aromatic rings. The van der Waals surface area contributed by atoms with Gasteiger partial charge in [-0.25, -0.2) is 22.0 Å². The van der Waals surface area contributed by atoms with Crippen molar-refractivity contribution in [2.24, 2.45) is 0 Å². The molecule has 0 fully saturated rings. The number of benzene rings is 3. The summed E-state index contributed by atoms with van der Waals surface area (Å²) in [6.45, 7) is 0. The number of hydrogen-bond donors (Lipinski definition) is 0. The quantitative estimate of drug-likeness (QED) is 0.0575. The summed E-state index contributed by atoms with van der Waals surface area (Å²) in [4.78, 5) is 22.4. The van der Waals surface area contributed by atoms with Crippen LogP contribution in [0.4, 0.5) is 32.0 Å². The van der Waals surface area contributed by atoms with Gasteiger partial charge in [-0.2, -0.15) is 4.39 Å². The maximum atomic E-state index is 14.3. The number of carbonyl (C=O) groups is 1. The molecule has 0 aromatic heterocycles. The summed E-state index contributed by atoms with van der Waals surface area (Å²) in [5.74, 6) is -14.3. The number of halogens is 7. The molecule has 0 saturated carbocycles. The van der Waals surface area contributed by atoms with Crippen molar-refractivity contribution in [3.05, 3.63) is 114 Å². The van der Waals surface area contributed by atoms with Gasteiger partial charge >= 0.3 is 5.69 Å². The van der Waals surface area contributed by atoms with Crippen LogP contribution < -0.4 is 0 Å². The molecule has 0 spiro atoms. The molecule has 0 radical (unpaired) electrons. The van der Waals surface area contributed by atoms with Crippen molar-refractivity contribution in [1.82, 2.24) is 0 Å². The average molecular weight is 562 g/mol. The van der Waals surface area contributed by atoms with Crippen LogP contribution in [0.25, 0.3) is 6.08 Å². The minimum absolute atomic E-state index is 0.0313. The molecule has 4 nitrogen and oxygen atoms in total. The number of nitro groups is 1. The van der Waals surface area contributed by atoms with Crippen LogP contribution in [0.15, 0.2) is 51.8 Å². The SMILES string of the molecule is O=C(C(=Cc1ccc(F)c([N+](=O)[O-])c1)SCc1ccc(Br)cc1)c1c(F)c(F)c(F)c(F)c1F. The smallest absolute Gasteiger partial charge is 0.288 e. The molecule has 0 saturated heterocycles. The molecule has 0 heterocycles. The van der Waals surface area contributed by atoms with E-state index in [4.69, 9.17) is 0 Å². The number of hydrogen-bond acceptors (Lipinski definition) is 4. The third-order valence-corrected chi connectivity index (χ3v) is 6.05. The fourth-order valence-electron chi connectivity index (χ4n) is 2.75. The highest BCUT2D eigenvalue weighted by Gasteiger charge is 2.31. The first-order valence-electron chi connectivity index (χ1n) is 9.10. The highest BCUT2D eigenvalue weighted by atomic mass is 79.9. The molecule has 0 aliphatic rings. The predicted molar refractivity (Wildman–Crippen MR) is 117 cm³/mol. The molecule has 0 unspecified atom stereocenters. The number of Topliss-reactive ketones (excluding diaryl/α,β-unsaturated/α-hetero) is 1. The minimum atomic E-state index is -2.42. The van der Waals surface area contributed by atoms with E-state index in [2.05, 4.69) is 15.9 Å². The first-order chi connectivity index (χ1) is 16.0. The second-order valence-electron chi connectivity index (χ2n) is 6.67.